The second-order valence-corrected chi connectivity index (χ2v) is 6.49. The Morgan fingerprint density at radius 3 is 2.29 bits per heavy atom. The van der Waals surface area contributed by atoms with Crippen LogP contribution in [0, 0.1) is 0 Å². The van der Waals surface area contributed by atoms with Crippen molar-refractivity contribution in [3.63, 3.8) is 0 Å². The number of piperazine rings is 1. The molecule has 1 amide bonds. The van der Waals surface area contributed by atoms with Crippen LogP contribution in [0.5, 0.6) is 0 Å². The third kappa shape index (κ3) is 4.24. The van der Waals surface area contributed by atoms with Gasteiger partial charge in [0.2, 0.25) is 0 Å². The number of aromatic nitrogens is 1. The van der Waals surface area contributed by atoms with Gasteiger partial charge in [-0.1, -0.05) is 12.1 Å². The molecule has 1 N–H and O–H groups in total. The number of benzene rings is 1. The molecule has 0 bridgehead atoms. The van der Waals surface area contributed by atoms with Gasteiger partial charge in [-0.3, -0.25) is 9.69 Å². The first kappa shape index (κ1) is 16.7. The first-order valence-electron chi connectivity index (χ1n) is 8.51. The first-order valence-corrected chi connectivity index (χ1v) is 8.51. The van der Waals surface area contributed by atoms with Crippen LogP contribution in [0.25, 0.3) is 0 Å². The predicted octanol–water partition coefficient (Wildman–Crippen LogP) is 1.67. The minimum absolute atomic E-state index is 0.0965. The molecule has 1 saturated heterocycles. The van der Waals surface area contributed by atoms with Gasteiger partial charge in [-0.05, 0) is 36.8 Å². The number of amides is 1. The highest BCUT2D eigenvalue weighted by Gasteiger charge is 2.22. The van der Waals surface area contributed by atoms with Crippen molar-refractivity contribution in [2.75, 3.05) is 32.7 Å². The summed E-state index contributed by atoms with van der Waals surface area (Å²) in [5.74, 6) is 0.0965. The number of aliphatic hydroxyl groups is 1. The quantitative estimate of drug-likeness (QED) is 0.909. The van der Waals surface area contributed by atoms with Crippen molar-refractivity contribution in [1.82, 2.24) is 14.4 Å². The van der Waals surface area contributed by atoms with Gasteiger partial charge in [0.05, 0.1) is 6.10 Å². The Morgan fingerprint density at radius 2 is 1.71 bits per heavy atom. The summed E-state index contributed by atoms with van der Waals surface area (Å²) in [6.45, 7) is 6.38. The van der Waals surface area contributed by atoms with Gasteiger partial charge in [-0.2, -0.15) is 0 Å². The molecule has 2 aromatic rings. The molecular formula is C19H25N3O2. The van der Waals surface area contributed by atoms with Gasteiger partial charge in [0.15, 0.2) is 0 Å². The Morgan fingerprint density at radius 1 is 1.08 bits per heavy atom. The molecule has 24 heavy (non-hydrogen) atoms. The molecule has 3 rings (SSSR count). The van der Waals surface area contributed by atoms with Crippen molar-refractivity contribution in [2.45, 2.75) is 19.6 Å². The van der Waals surface area contributed by atoms with Crippen LogP contribution in [0.1, 0.15) is 22.8 Å². The van der Waals surface area contributed by atoms with Gasteiger partial charge in [-0.25, -0.2) is 0 Å². The SMILES string of the molecule is C[C@@H](O)CN1CCN(C(=O)c2ccc(Cn3cccc3)cc2)CC1. The Labute approximate surface area is 143 Å². The van der Waals surface area contributed by atoms with E-state index in [9.17, 15) is 9.90 Å². The summed E-state index contributed by atoms with van der Waals surface area (Å²) in [7, 11) is 0. The number of hydrogen-bond acceptors (Lipinski definition) is 3. The van der Waals surface area contributed by atoms with E-state index in [0.717, 1.165) is 38.3 Å². The van der Waals surface area contributed by atoms with E-state index in [1.165, 1.54) is 5.56 Å². The fourth-order valence-corrected chi connectivity index (χ4v) is 3.13. The summed E-state index contributed by atoms with van der Waals surface area (Å²) in [6.07, 6.45) is 3.75. The number of carbonyl (C=O) groups excluding carboxylic acids is 1. The molecule has 1 aliphatic heterocycles. The summed E-state index contributed by atoms with van der Waals surface area (Å²) < 4.78 is 2.11. The maximum absolute atomic E-state index is 12.6. The number of carbonyl (C=O) groups is 1. The summed E-state index contributed by atoms with van der Waals surface area (Å²) >= 11 is 0. The summed E-state index contributed by atoms with van der Waals surface area (Å²) in [5, 5.41) is 9.45. The number of rotatable bonds is 5. The van der Waals surface area contributed by atoms with Crippen molar-refractivity contribution in [2.24, 2.45) is 0 Å². The molecule has 1 atom stereocenters. The van der Waals surface area contributed by atoms with E-state index in [0.29, 0.717) is 6.54 Å². The van der Waals surface area contributed by atoms with Crippen LogP contribution < -0.4 is 0 Å². The number of aliphatic hydroxyl groups excluding tert-OH is 1. The van der Waals surface area contributed by atoms with Crippen molar-refractivity contribution in [3.05, 3.63) is 59.9 Å². The maximum Gasteiger partial charge on any atom is 0.253 e. The molecule has 0 saturated carbocycles. The first-order chi connectivity index (χ1) is 11.6. The molecule has 5 nitrogen and oxygen atoms in total. The molecule has 128 valence electrons. The minimum atomic E-state index is -0.319. The fourth-order valence-electron chi connectivity index (χ4n) is 3.13. The zero-order valence-corrected chi connectivity index (χ0v) is 14.1. The molecule has 2 heterocycles. The van der Waals surface area contributed by atoms with Gasteiger partial charge >= 0.3 is 0 Å². The predicted molar refractivity (Wildman–Crippen MR) is 94.0 cm³/mol. The average Bonchev–Trinajstić information content (AvgIpc) is 3.08. The van der Waals surface area contributed by atoms with Crippen LogP contribution in [0.15, 0.2) is 48.8 Å². The summed E-state index contributed by atoms with van der Waals surface area (Å²) in [6, 6.07) is 11.9. The van der Waals surface area contributed by atoms with E-state index >= 15 is 0 Å². The molecule has 1 aliphatic rings. The molecule has 0 unspecified atom stereocenters. The molecule has 0 radical (unpaired) electrons. The Balaban J connectivity index is 1.55. The zero-order valence-electron chi connectivity index (χ0n) is 14.1. The van der Waals surface area contributed by atoms with E-state index in [2.05, 4.69) is 9.47 Å². The minimum Gasteiger partial charge on any atom is -0.392 e. The summed E-state index contributed by atoms with van der Waals surface area (Å²) in [5.41, 5.74) is 1.93. The maximum atomic E-state index is 12.6. The number of β-amino-alcohol motifs (C(OH)–C–C–N with tert-alkyl or cyclic N) is 1. The van der Waals surface area contributed by atoms with E-state index in [-0.39, 0.29) is 12.0 Å². The average molecular weight is 327 g/mol. The Kier molecular flexibility index (Phi) is 5.33. The van der Waals surface area contributed by atoms with Crippen molar-refractivity contribution >= 4 is 5.91 Å². The van der Waals surface area contributed by atoms with Crippen LogP contribution in [0.3, 0.4) is 0 Å². The molecule has 1 aromatic heterocycles. The molecule has 1 aromatic carbocycles. The van der Waals surface area contributed by atoms with Gasteiger partial charge in [0.25, 0.3) is 5.91 Å². The Bertz CT molecular complexity index is 642. The van der Waals surface area contributed by atoms with Crippen molar-refractivity contribution < 1.29 is 9.90 Å². The van der Waals surface area contributed by atoms with E-state index < -0.39 is 0 Å². The monoisotopic (exact) mass is 327 g/mol. The number of nitrogens with zero attached hydrogens (tertiary/aromatic N) is 3. The number of hydrogen-bond donors (Lipinski definition) is 1. The highest BCUT2D eigenvalue weighted by Crippen LogP contribution is 2.12. The largest absolute Gasteiger partial charge is 0.392 e. The normalized spacial score (nSPS) is 17.0. The topological polar surface area (TPSA) is 48.7 Å². The van der Waals surface area contributed by atoms with Crippen LogP contribution in [0.4, 0.5) is 0 Å². The summed E-state index contributed by atoms with van der Waals surface area (Å²) in [4.78, 5) is 16.7. The molecule has 5 heteroatoms. The third-order valence-electron chi connectivity index (χ3n) is 4.41. The molecule has 1 fully saturated rings. The molecular weight excluding hydrogens is 302 g/mol. The Hall–Kier alpha value is -2.11. The smallest absolute Gasteiger partial charge is 0.253 e. The lowest BCUT2D eigenvalue weighted by atomic mass is 10.1. The van der Waals surface area contributed by atoms with Crippen molar-refractivity contribution in [1.29, 1.82) is 0 Å². The highest BCUT2D eigenvalue weighted by molar-refractivity contribution is 5.94. The lowest BCUT2D eigenvalue weighted by molar-refractivity contribution is 0.0554. The van der Waals surface area contributed by atoms with Crippen LogP contribution in [-0.4, -0.2) is 64.2 Å². The van der Waals surface area contributed by atoms with E-state index in [1.807, 2.05) is 53.7 Å². The van der Waals surface area contributed by atoms with Crippen molar-refractivity contribution in [3.8, 4) is 0 Å². The van der Waals surface area contributed by atoms with E-state index in [4.69, 9.17) is 0 Å². The molecule has 0 aliphatic carbocycles. The molecule has 0 spiro atoms. The van der Waals surface area contributed by atoms with Gasteiger partial charge < -0.3 is 14.6 Å². The second-order valence-electron chi connectivity index (χ2n) is 6.49. The van der Waals surface area contributed by atoms with E-state index in [1.54, 1.807) is 6.92 Å². The third-order valence-corrected chi connectivity index (χ3v) is 4.41. The second kappa shape index (κ2) is 7.64. The lowest BCUT2D eigenvalue weighted by Crippen LogP contribution is -2.50. The van der Waals surface area contributed by atoms with Gasteiger partial charge in [0.1, 0.15) is 0 Å². The van der Waals surface area contributed by atoms with Gasteiger partial charge in [0, 0.05) is 57.2 Å². The lowest BCUT2D eigenvalue weighted by Gasteiger charge is -2.35. The van der Waals surface area contributed by atoms with Crippen LogP contribution in [-0.2, 0) is 6.54 Å². The zero-order chi connectivity index (χ0) is 16.9. The standard InChI is InChI=1S/C19H25N3O2/c1-16(23)14-21-10-12-22(13-11-21)19(24)18-6-4-17(5-7-18)15-20-8-2-3-9-20/h2-9,16,23H,10-15H2,1H3/t16-/m1/s1. The van der Waals surface area contributed by atoms with Gasteiger partial charge in [-0.15, -0.1) is 0 Å². The van der Waals surface area contributed by atoms with Crippen LogP contribution in [0.2, 0.25) is 0 Å². The highest BCUT2D eigenvalue weighted by atomic mass is 16.3. The fraction of sp³-hybridized carbons (Fsp3) is 0.421. The van der Waals surface area contributed by atoms with Crippen LogP contribution >= 0.6 is 0 Å².